The van der Waals surface area contributed by atoms with Gasteiger partial charge in [0.2, 0.25) is 0 Å². The van der Waals surface area contributed by atoms with E-state index < -0.39 is 0 Å². The molecule has 0 amide bonds. The second kappa shape index (κ2) is 3.81. The Hall–Kier alpha value is -1.44. The van der Waals surface area contributed by atoms with Crippen molar-refractivity contribution in [3.8, 4) is 5.75 Å². The molecule has 1 rings (SSSR count). The molecule has 1 aromatic rings. The summed E-state index contributed by atoms with van der Waals surface area (Å²) < 4.78 is 5.23. The molecule has 0 atom stereocenters. The van der Waals surface area contributed by atoms with Crippen molar-refractivity contribution in [3.63, 3.8) is 0 Å². The van der Waals surface area contributed by atoms with Crippen molar-refractivity contribution in [3.05, 3.63) is 36.4 Å². The molecule has 0 saturated carbocycles. The van der Waals surface area contributed by atoms with Crippen LogP contribution in [0.3, 0.4) is 0 Å². The molecule has 0 radical (unpaired) electrons. The van der Waals surface area contributed by atoms with Crippen LogP contribution in [0.1, 0.15) is 12.5 Å². The molecule has 0 aromatic heterocycles. The zero-order valence-electron chi connectivity index (χ0n) is 7.08. The molecule has 0 aliphatic carbocycles. The third-order valence-electron chi connectivity index (χ3n) is 1.50. The first-order valence-electron chi connectivity index (χ1n) is 3.85. The summed E-state index contributed by atoms with van der Waals surface area (Å²) in [6.07, 6.45) is 0. The average Bonchev–Trinajstić information content (AvgIpc) is 2.06. The van der Waals surface area contributed by atoms with E-state index >= 15 is 0 Å². The minimum absolute atomic E-state index is 0.0815. The van der Waals surface area contributed by atoms with E-state index in [9.17, 15) is 0 Å². The lowest BCUT2D eigenvalue weighted by molar-refractivity contribution is 0.340. The average molecular weight is 164 g/mol. The normalized spacial score (nSPS) is 9.42. The van der Waals surface area contributed by atoms with Crippen LogP contribution < -0.4 is 4.74 Å². The van der Waals surface area contributed by atoms with Crippen LogP contribution in [-0.4, -0.2) is 11.7 Å². The van der Waals surface area contributed by atoms with Crippen LogP contribution in [0, 0.1) is 0 Å². The lowest BCUT2D eigenvalue weighted by Gasteiger charge is -2.03. The summed E-state index contributed by atoms with van der Waals surface area (Å²) in [4.78, 5) is 0. The molecule has 0 spiro atoms. The van der Waals surface area contributed by atoms with Gasteiger partial charge in [0.25, 0.3) is 0 Å². The largest absolute Gasteiger partial charge is 0.508 e. The van der Waals surface area contributed by atoms with E-state index in [0.717, 1.165) is 11.3 Å². The minimum atomic E-state index is 0.0815. The van der Waals surface area contributed by atoms with E-state index in [1.54, 1.807) is 24.3 Å². The number of hydrogen-bond donors (Lipinski definition) is 1. The zero-order valence-corrected chi connectivity index (χ0v) is 7.08. The van der Waals surface area contributed by atoms with E-state index in [2.05, 4.69) is 6.58 Å². The SMILES string of the molecule is C=C(O)c1ccc(OCC)cc1. The predicted molar refractivity (Wildman–Crippen MR) is 49.3 cm³/mol. The van der Waals surface area contributed by atoms with E-state index in [1.807, 2.05) is 6.92 Å². The lowest BCUT2D eigenvalue weighted by atomic mass is 10.2. The standard InChI is InChI=1S/C10H12O2/c1-3-12-10-6-4-9(5-7-10)8(2)11/h4-7,11H,2-3H2,1H3. The van der Waals surface area contributed by atoms with Crippen molar-refractivity contribution in [1.82, 2.24) is 0 Å². The van der Waals surface area contributed by atoms with Gasteiger partial charge in [0.15, 0.2) is 0 Å². The molecule has 12 heavy (non-hydrogen) atoms. The van der Waals surface area contributed by atoms with E-state index in [-0.39, 0.29) is 5.76 Å². The fourth-order valence-corrected chi connectivity index (χ4v) is 0.910. The van der Waals surface area contributed by atoms with Gasteiger partial charge in [-0.3, -0.25) is 0 Å². The monoisotopic (exact) mass is 164 g/mol. The van der Waals surface area contributed by atoms with E-state index in [4.69, 9.17) is 9.84 Å². The molecular weight excluding hydrogens is 152 g/mol. The van der Waals surface area contributed by atoms with Gasteiger partial charge in [0.1, 0.15) is 11.5 Å². The Kier molecular flexibility index (Phi) is 2.75. The molecule has 0 saturated heterocycles. The molecule has 2 nitrogen and oxygen atoms in total. The Bertz CT molecular complexity index is 262. The highest BCUT2D eigenvalue weighted by molar-refractivity contribution is 5.56. The molecule has 0 bridgehead atoms. The van der Waals surface area contributed by atoms with Gasteiger partial charge in [-0.15, -0.1) is 0 Å². The molecule has 1 aromatic carbocycles. The predicted octanol–water partition coefficient (Wildman–Crippen LogP) is 2.61. The highest BCUT2D eigenvalue weighted by Gasteiger charge is 1.95. The third-order valence-corrected chi connectivity index (χ3v) is 1.50. The van der Waals surface area contributed by atoms with Crippen LogP contribution in [0.4, 0.5) is 0 Å². The molecule has 0 aliphatic rings. The van der Waals surface area contributed by atoms with Crippen LogP contribution >= 0.6 is 0 Å². The topological polar surface area (TPSA) is 29.5 Å². The number of aliphatic hydroxyl groups excluding tert-OH is 1. The molecular formula is C10H12O2. The summed E-state index contributed by atoms with van der Waals surface area (Å²) in [5, 5.41) is 9.01. The number of aliphatic hydroxyl groups is 1. The van der Waals surface area contributed by atoms with E-state index in [0.29, 0.717) is 6.61 Å². The van der Waals surface area contributed by atoms with Gasteiger partial charge >= 0.3 is 0 Å². The Labute approximate surface area is 72.1 Å². The Morgan fingerprint density at radius 3 is 2.42 bits per heavy atom. The maximum Gasteiger partial charge on any atom is 0.119 e. The van der Waals surface area contributed by atoms with Crippen molar-refractivity contribution < 1.29 is 9.84 Å². The van der Waals surface area contributed by atoms with Gasteiger partial charge < -0.3 is 9.84 Å². The van der Waals surface area contributed by atoms with Crippen LogP contribution in [0.25, 0.3) is 5.76 Å². The van der Waals surface area contributed by atoms with Gasteiger partial charge in [0.05, 0.1) is 6.61 Å². The van der Waals surface area contributed by atoms with Gasteiger partial charge in [-0.25, -0.2) is 0 Å². The van der Waals surface area contributed by atoms with Crippen LogP contribution in [0.2, 0.25) is 0 Å². The molecule has 1 N–H and O–H groups in total. The number of hydrogen-bond acceptors (Lipinski definition) is 2. The van der Waals surface area contributed by atoms with Crippen molar-refractivity contribution in [2.24, 2.45) is 0 Å². The first-order chi connectivity index (χ1) is 5.74. The third kappa shape index (κ3) is 2.02. The van der Waals surface area contributed by atoms with Crippen LogP contribution in [-0.2, 0) is 0 Å². The number of benzene rings is 1. The maximum atomic E-state index is 9.01. The molecule has 2 heteroatoms. The summed E-state index contributed by atoms with van der Waals surface area (Å²) in [5.41, 5.74) is 0.721. The fourth-order valence-electron chi connectivity index (χ4n) is 0.910. The highest BCUT2D eigenvalue weighted by Crippen LogP contribution is 2.15. The number of ether oxygens (including phenoxy) is 1. The fraction of sp³-hybridized carbons (Fsp3) is 0.200. The first kappa shape index (κ1) is 8.65. The van der Waals surface area contributed by atoms with Crippen molar-refractivity contribution in [1.29, 1.82) is 0 Å². The van der Waals surface area contributed by atoms with Crippen LogP contribution in [0.5, 0.6) is 5.75 Å². The van der Waals surface area contributed by atoms with Gasteiger partial charge in [0, 0.05) is 5.56 Å². The Morgan fingerprint density at radius 1 is 1.42 bits per heavy atom. The van der Waals surface area contributed by atoms with Crippen LogP contribution in [0.15, 0.2) is 30.8 Å². The van der Waals surface area contributed by atoms with E-state index in [1.165, 1.54) is 0 Å². The molecule has 0 fully saturated rings. The Morgan fingerprint density at radius 2 is 2.00 bits per heavy atom. The summed E-state index contributed by atoms with van der Waals surface area (Å²) in [7, 11) is 0. The summed E-state index contributed by atoms with van der Waals surface area (Å²) in [6.45, 7) is 6.00. The molecule has 0 aliphatic heterocycles. The smallest absolute Gasteiger partial charge is 0.119 e. The summed E-state index contributed by atoms with van der Waals surface area (Å²) in [6, 6.07) is 7.15. The lowest BCUT2D eigenvalue weighted by Crippen LogP contribution is -1.91. The Balaban J connectivity index is 2.78. The highest BCUT2D eigenvalue weighted by atomic mass is 16.5. The number of rotatable bonds is 3. The maximum absolute atomic E-state index is 9.01. The quantitative estimate of drug-likeness (QED) is 0.696. The van der Waals surface area contributed by atoms with Gasteiger partial charge in [-0.2, -0.15) is 0 Å². The second-order valence-electron chi connectivity index (χ2n) is 2.40. The first-order valence-corrected chi connectivity index (χ1v) is 3.85. The minimum Gasteiger partial charge on any atom is -0.508 e. The molecule has 0 unspecified atom stereocenters. The summed E-state index contributed by atoms with van der Waals surface area (Å²) in [5.74, 6) is 0.889. The second-order valence-corrected chi connectivity index (χ2v) is 2.40. The van der Waals surface area contributed by atoms with Crippen molar-refractivity contribution in [2.45, 2.75) is 6.92 Å². The van der Waals surface area contributed by atoms with Crippen molar-refractivity contribution >= 4 is 5.76 Å². The molecule has 64 valence electrons. The van der Waals surface area contributed by atoms with Crippen molar-refractivity contribution in [2.75, 3.05) is 6.61 Å². The zero-order chi connectivity index (χ0) is 8.97. The van der Waals surface area contributed by atoms with Gasteiger partial charge in [-0.1, -0.05) is 6.58 Å². The summed E-state index contributed by atoms with van der Waals surface area (Å²) >= 11 is 0. The van der Waals surface area contributed by atoms with Gasteiger partial charge in [-0.05, 0) is 31.2 Å². The molecule has 0 heterocycles.